The molecular formula is C13H19NO2S. The predicted octanol–water partition coefficient (Wildman–Crippen LogP) is 1.91. The Bertz CT molecular complexity index is 450. The topological polar surface area (TPSA) is 46.2 Å². The summed E-state index contributed by atoms with van der Waals surface area (Å²) in [7, 11) is -3.06. The van der Waals surface area contributed by atoms with Crippen molar-refractivity contribution in [2.75, 3.05) is 13.1 Å². The Labute approximate surface area is 103 Å². The van der Waals surface area contributed by atoms with Crippen molar-refractivity contribution < 1.29 is 8.42 Å². The predicted molar refractivity (Wildman–Crippen MR) is 69.7 cm³/mol. The number of hydrogen-bond acceptors (Lipinski definition) is 3. The van der Waals surface area contributed by atoms with Gasteiger partial charge in [-0.1, -0.05) is 30.3 Å². The Morgan fingerprint density at radius 3 is 2.35 bits per heavy atom. The summed E-state index contributed by atoms with van der Waals surface area (Å²) in [5, 5.41) is 2.62. The lowest BCUT2D eigenvalue weighted by molar-refractivity contribution is 0.491. The molecule has 3 nitrogen and oxygen atoms in total. The first kappa shape index (κ1) is 12.6. The summed E-state index contributed by atoms with van der Waals surface area (Å²) in [6, 6.07) is 9.48. The molecule has 1 aliphatic heterocycles. The van der Waals surface area contributed by atoms with E-state index in [0.717, 1.165) is 31.5 Å². The number of nitrogens with one attached hydrogen (secondary N) is 1. The van der Waals surface area contributed by atoms with Gasteiger partial charge in [-0.05, 0) is 38.4 Å². The zero-order valence-corrected chi connectivity index (χ0v) is 10.9. The minimum Gasteiger partial charge on any atom is -0.317 e. The number of sulfone groups is 1. The van der Waals surface area contributed by atoms with Crippen molar-refractivity contribution in [1.82, 2.24) is 5.32 Å². The fraction of sp³-hybridized carbons (Fsp3) is 0.538. The average Bonchev–Trinajstić information content (AvgIpc) is 2.40. The van der Waals surface area contributed by atoms with Gasteiger partial charge in [0.25, 0.3) is 0 Å². The van der Waals surface area contributed by atoms with Crippen molar-refractivity contribution >= 4 is 9.84 Å². The Morgan fingerprint density at radius 1 is 1.18 bits per heavy atom. The van der Waals surface area contributed by atoms with Crippen LogP contribution in [0, 0.1) is 0 Å². The zero-order chi connectivity index (χ0) is 12.3. The molecule has 1 unspecified atom stereocenters. The molecule has 0 aromatic heterocycles. The normalized spacial score (nSPS) is 20.1. The molecule has 0 spiro atoms. The Balaban J connectivity index is 2.20. The van der Waals surface area contributed by atoms with Crippen LogP contribution in [0.1, 0.15) is 30.6 Å². The van der Waals surface area contributed by atoms with Crippen molar-refractivity contribution in [3.05, 3.63) is 35.9 Å². The highest BCUT2D eigenvalue weighted by molar-refractivity contribution is 7.92. The van der Waals surface area contributed by atoms with Gasteiger partial charge in [0.2, 0.25) is 0 Å². The molecule has 0 saturated carbocycles. The smallest absolute Gasteiger partial charge is 0.159 e. The second-order valence-electron chi connectivity index (χ2n) is 4.59. The van der Waals surface area contributed by atoms with Crippen molar-refractivity contribution in [3.63, 3.8) is 0 Å². The maximum atomic E-state index is 12.5. The van der Waals surface area contributed by atoms with Gasteiger partial charge in [0.15, 0.2) is 9.84 Å². The molecule has 1 aliphatic rings. The van der Waals surface area contributed by atoms with E-state index < -0.39 is 15.1 Å². The number of hydrogen-bond donors (Lipinski definition) is 1. The lowest BCUT2D eigenvalue weighted by atomic mass is 10.1. The molecule has 4 heteroatoms. The van der Waals surface area contributed by atoms with Crippen LogP contribution in [0.4, 0.5) is 0 Å². The molecule has 1 saturated heterocycles. The molecule has 1 fully saturated rings. The third kappa shape index (κ3) is 2.69. The maximum Gasteiger partial charge on any atom is 0.159 e. The summed E-state index contributed by atoms with van der Waals surface area (Å²) in [5.74, 6) is 0. The van der Waals surface area contributed by atoms with E-state index in [1.54, 1.807) is 6.92 Å². The molecule has 1 atom stereocenters. The highest BCUT2D eigenvalue weighted by Crippen LogP contribution is 2.28. The Morgan fingerprint density at radius 2 is 1.76 bits per heavy atom. The quantitative estimate of drug-likeness (QED) is 0.895. The highest BCUT2D eigenvalue weighted by Gasteiger charge is 2.32. The summed E-state index contributed by atoms with van der Waals surface area (Å²) in [4.78, 5) is 0. The number of rotatable bonds is 3. The molecule has 0 aliphatic carbocycles. The van der Waals surface area contributed by atoms with Gasteiger partial charge in [0.05, 0.1) is 10.5 Å². The largest absolute Gasteiger partial charge is 0.317 e. The summed E-state index contributed by atoms with van der Waals surface area (Å²) < 4.78 is 24.9. The average molecular weight is 253 g/mol. The van der Waals surface area contributed by atoms with Gasteiger partial charge in [0.1, 0.15) is 0 Å². The summed E-state index contributed by atoms with van der Waals surface area (Å²) in [5.41, 5.74) is 0.894. The zero-order valence-electron chi connectivity index (χ0n) is 10.1. The van der Waals surface area contributed by atoms with Gasteiger partial charge in [-0.15, -0.1) is 0 Å². The van der Waals surface area contributed by atoms with Crippen LogP contribution in [-0.4, -0.2) is 26.8 Å². The van der Waals surface area contributed by atoms with E-state index in [4.69, 9.17) is 0 Å². The third-order valence-electron chi connectivity index (χ3n) is 3.51. The summed E-state index contributed by atoms with van der Waals surface area (Å²) in [6.07, 6.45) is 1.47. The van der Waals surface area contributed by atoms with Crippen LogP contribution in [-0.2, 0) is 9.84 Å². The Hall–Kier alpha value is -0.870. The van der Waals surface area contributed by atoms with Crippen molar-refractivity contribution in [2.45, 2.75) is 30.3 Å². The molecule has 0 amide bonds. The van der Waals surface area contributed by atoms with Gasteiger partial charge in [-0.25, -0.2) is 8.42 Å². The second-order valence-corrected chi connectivity index (χ2v) is 7.14. The van der Waals surface area contributed by atoms with Gasteiger partial charge in [-0.3, -0.25) is 0 Å². The van der Waals surface area contributed by atoms with Crippen molar-refractivity contribution in [1.29, 1.82) is 0 Å². The van der Waals surface area contributed by atoms with Gasteiger partial charge < -0.3 is 5.32 Å². The van der Waals surface area contributed by atoms with Gasteiger partial charge in [0, 0.05) is 0 Å². The van der Waals surface area contributed by atoms with Crippen molar-refractivity contribution in [2.24, 2.45) is 0 Å². The van der Waals surface area contributed by atoms with Crippen LogP contribution < -0.4 is 5.32 Å². The molecule has 1 aromatic rings. The molecule has 1 aromatic carbocycles. The highest BCUT2D eigenvalue weighted by atomic mass is 32.2. The van der Waals surface area contributed by atoms with E-state index in [1.807, 2.05) is 30.3 Å². The molecule has 1 N–H and O–H groups in total. The molecule has 0 radical (unpaired) electrons. The van der Waals surface area contributed by atoms with Crippen LogP contribution >= 0.6 is 0 Å². The summed E-state index contributed by atoms with van der Waals surface area (Å²) in [6.45, 7) is 3.42. The van der Waals surface area contributed by atoms with Gasteiger partial charge in [-0.2, -0.15) is 0 Å². The van der Waals surface area contributed by atoms with Crippen LogP contribution in [0.2, 0.25) is 0 Å². The van der Waals surface area contributed by atoms with Crippen LogP contribution in [0.25, 0.3) is 0 Å². The standard InChI is InChI=1S/C13H19NO2S/c1-11(12-5-3-2-4-6-12)17(15,16)13-7-9-14-10-8-13/h2-6,11,13-14H,7-10H2,1H3. The lowest BCUT2D eigenvalue weighted by Crippen LogP contribution is -2.37. The SMILES string of the molecule is CC(c1ccccc1)S(=O)(=O)C1CCNCC1. The van der Waals surface area contributed by atoms with E-state index in [9.17, 15) is 8.42 Å². The second kappa shape index (κ2) is 5.19. The molecule has 1 heterocycles. The van der Waals surface area contributed by atoms with E-state index >= 15 is 0 Å². The Kier molecular flexibility index (Phi) is 3.84. The van der Waals surface area contributed by atoms with Crippen LogP contribution in [0.5, 0.6) is 0 Å². The minimum absolute atomic E-state index is 0.182. The first-order valence-electron chi connectivity index (χ1n) is 6.11. The lowest BCUT2D eigenvalue weighted by Gasteiger charge is -2.26. The molecule has 0 bridgehead atoms. The maximum absolute atomic E-state index is 12.5. The third-order valence-corrected chi connectivity index (χ3v) is 6.17. The molecule has 94 valence electrons. The number of piperidine rings is 1. The fourth-order valence-electron chi connectivity index (χ4n) is 2.33. The summed E-state index contributed by atoms with van der Waals surface area (Å²) >= 11 is 0. The minimum atomic E-state index is -3.06. The van der Waals surface area contributed by atoms with Crippen molar-refractivity contribution in [3.8, 4) is 0 Å². The molecular weight excluding hydrogens is 234 g/mol. The van der Waals surface area contributed by atoms with E-state index in [0.29, 0.717) is 0 Å². The van der Waals surface area contributed by atoms with E-state index in [1.165, 1.54) is 0 Å². The number of benzene rings is 1. The first-order chi connectivity index (χ1) is 8.12. The van der Waals surface area contributed by atoms with E-state index in [2.05, 4.69) is 5.32 Å². The first-order valence-corrected chi connectivity index (χ1v) is 7.71. The molecule has 2 rings (SSSR count). The van der Waals surface area contributed by atoms with E-state index in [-0.39, 0.29) is 5.25 Å². The molecule has 17 heavy (non-hydrogen) atoms. The monoisotopic (exact) mass is 253 g/mol. The van der Waals surface area contributed by atoms with Crippen LogP contribution in [0.3, 0.4) is 0 Å². The van der Waals surface area contributed by atoms with Crippen LogP contribution in [0.15, 0.2) is 30.3 Å². The fourth-order valence-corrected chi connectivity index (χ4v) is 4.33. The van der Waals surface area contributed by atoms with Gasteiger partial charge >= 0.3 is 0 Å².